The minimum atomic E-state index is -0.216. The minimum Gasteiger partial charge on any atom is -0.469 e. The zero-order chi connectivity index (χ0) is 9.56. The number of carbonyl (C=O) groups excluding carboxylic acids is 1. The van der Waals surface area contributed by atoms with E-state index in [0.717, 1.165) is 0 Å². The molecule has 12 heavy (non-hydrogen) atoms. The van der Waals surface area contributed by atoms with Gasteiger partial charge in [-0.1, -0.05) is 13.8 Å². The highest BCUT2D eigenvalue weighted by Crippen LogP contribution is 2.02. The van der Waals surface area contributed by atoms with Crippen molar-refractivity contribution in [2.45, 2.75) is 33.3 Å². The van der Waals surface area contributed by atoms with Gasteiger partial charge in [0.05, 0.1) is 19.6 Å². The fraction of sp³-hybridized carbons (Fsp3) is 0.889. The van der Waals surface area contributed by atoms with E-state index in [9.17, 15) is 4.79 Å². The normalized spacial score (nSPS) is 13.1. The van der Waals surface area contributed by atoms with Crippen molar-refractivity contribution < 1.29 is 14.3 Å². The molecule has 0 saturated carbocycles. The second-order valence-corrected chi connectivity index (χ2v) is 3.32. The van der Waals surface area contributed by atoms with Gasteiger partial charge in [0.25, 0.3) is 0 Å². The molecule has 0 aliphatic carbocycles. The Hall–Kier alpha value is -0.570. The summed E-state index contributed by atoms with van der Waals surface area (Å²) < 4.78 is 9.88. The average molecular weight is 174 g/mol. The molecule has 1 unspecified atom stereocenters. The number of carbonyl (C=O) groups is 1. The van der Waals surface area contributed by atoms with Gasteiger partial charge < -0.3 is 9.47 Å². The SMILES string of the molecule is COC(=O)CC(C)OCC(C)C. The lowest BCUT2D eigenvalue weighted by Gasteiger charge is -2.13. The summed E-state index contributed by atoms with van der Waals surface area (Å²) in [4.78, 5) is 10.8. The highest BCUT2D eigenvalue weighted by molar-refractivity contribution is 5.69. The van der Waals surface area contributed by atoms with Crippen molar-refractivity contribution in [1.29, 1.82) is 0 Å². The third-order valence-corrected chi connectivity index (χ3v) is 1.40. The van der Waals surface area contributed by atoms with Crippen LogP contribution in [0.5, 0.6) is 0 Å². The Bertz CT molecular complexity index is 132. The van der Waals surface area contributed by atoms with Gasteiger partial charge in [-0.3, -0.25) is 4.79 Å². The van der Waals surface area contributed by atoms with Crippen LogP contribution in [0.25, 0.3) is 0 Å². The van der Waals surface area contributed by atoms with Crippen LogP contribution in [-0.4, -0.2) is 25.8 Å². The maximum Gasteiger partial charge on any atom is 0.308 e. The molecule has 72 valence electrons. The van der Waals surface area contributed by atoms with Crippen LogP contribution in [0.3, 0.4) is 0 Å². The van der Waals surface area contributed by atoms with Crippen LogP contribution in [0.15, 0.2) is 0 Å². The molecular formula is C9H18O3. The lowest BCUT2D eigenvalue weighted by Crippen LogP contribution is -2.17. The number of esters is 1. The first kappa shape index (κ1) is 11.4. The van der Waals surface area contributed by atoms with E-state index in [1.807, 2.05) is 6.92 Å². The van der Waals surface area contributed by atoms with E-state index in [0.29, 0.717) is 18.9 Å². The van der Waals surface area contributed by atoms with Gasteiger partial charge in [0.15, 0.2) is 0 Å². The monoisotopic (exact) mass is 174 g/mol. The topological polar surface area (TPSA) is 35.5 Å². The third-order valence-electron chi connectivity index (χ3n) is 1.40. The summed E-state index contributed by atoms with van der Waals surface area (Å²) in [7, 11) is 1.39. The third kappa shape index (κ3) is 6.16. The molecule has 0 saturated heterocycles. The fourth-order valence-corrected chi connectivity index (χ4v) is 0.734. The molecule has 3 heteroatoms. The molecule has 0 spiro atoms. The number of methoxy groups -OCH3 is 1. The van der Waals surface area contributed by atoms with E-state index in [-0.39, 0.29) is 12.1 Å². The van der Waals surface area contributed by atoms with Crippen molar-refractivity contribution in [1.82, 2.24) is 0 Å². The van der Waals surface area contributed by atoms with E-state index in [1.54, 1.807) is 0 Å². The van der Waals surface area contributed by atoms with Crippen molar-refractivity contribution in [3.63, 3.8) is 0 Å². The maximum absolute atomic E-state index is 10.8. The van der Waals surface area contributed by atoms with E-state index < -0.39 is 0 Å². The Morgan fingerprint density at radius 3 is 2.33 bits per heavy atom. The van der Waals surface area contributed by atoms with Gasteiger partial charge in [0.1, 0.15) is 0 Å². The fourth-order valence-electron chi connectivity index (χ4n) is 0.734. The zero-order valence-corrected chi connectivity index (χ0v) is 8.29. The summed E-state index contributed by atoms with van der Waals surface area (Å²) in [6.07, 6.45) is 0.295. The molecule has 3 nitrogen and oxygen atoms in total. The Kier molecular flexibility index (Phi) is 5.72. The molecule has 0 aliphatic rings. The quantitative estimate of drug-likeness (QED) is 0.594. The lowest BCUT2D eigenvalue weighted by molar-refractivity contribution is -0.143. The van der Waals surface area contributed by atoms with Crippen molar-refractivity contribution in [2.75, 3.05) is 13.7 Å². The van der Waals surface area contributed by atoms with E-state index in [1.165, 1.54) is 7.11 Å². The predicted octanol–water partition coefficient (Wildman–Crippen LogP) is 1.61. The van der Waals surface area contributed by atoms with Gasteiger partial charge in [0.2, 0.25) is 0 Å². The highest BCUT2D eigenvalue weighted by atomic mass is 16.5. The largest absolute Gasteiger partial charge is 0.469 e. The van der Waals surface area contributed by atoms with E-state index in [4.69, 9.17) is 4.74 Å². The van der Waals surface area contributed by atoms with Crippen LogP contribution < -0.4 is 0 Å². The van der Waals surface area contributed by atoms with Crippen molar-refractivity contribution in [3.8, 4) is 0 Å². The van der Waals surface area contributed by atoms with Crippen LogP contribution in [-0.2, 0) is 14.3 Å². The van der Waals surface area contributed by atoms with Gasteiger partial charge in [0, 0.05) is 6.61 Å². The smallest absolute Gasteiger partial charge is 0.308 e. The molecule has 0 aromatic rings. The summed E-state index contributed by atoms with van der Waals surface area (Å²) in [5, 5.41) is 0. The van der Waals surface area contributed by atoms with Gasteiger partial charge in [-0.2, -0.15) is 0 Å². The predicted molar refractivity (Wildman–Crippen MR) is 46.9 cm³/mol. The standard InChI is InChI=1S/C9H18O3/c1-7(2)6-12-8(3)5-9(10)11-4/h7-8H,5-6H2,1-4H3. The molecule has 0 fully saturated rings. The van der Waals surface area contributed by atoms with Crippen LogP contribution in [0, 0.1) is 5.92 Å². The zero-order valence-electron chi connectivity index (χ0n) is 8.29. The van der Waals surface area contributed by atoms with Crippen molar-refractivity contribution in [3.05, 3.63) is 0 Å². The Labute approximate surface area is 74.0 Å². The van der Waals surface area contributed by atoms with Crippen LogP contribution in [0.4, 0.5) is 0 Å². The van der Waals surface area contributed by atoms with Crippen LogP contribution in [0.2, 0.25) is 0 Å². The number of ether oxygens (including phenoxy) is 2. The molecule has 0 aliphatic heterocycles. The number of rotatable bonds is 5. The Morgan fingerprint density at radius 1 is 1.33 bits per heavy atom. The molecule has 0 aromatic heterocycles. The van der Waals surface area contributed by atoms with Gasteiger partial charge in [-0.25, -0.2) is 0 Å². The second kappa shape index (κ2) is 6.00. The average Bonchev–Trinajstić information content (AvgIpc) is 2.00. The first-order valence-electron chi connectivity index (χ1n) is 4.24. The molecule has 0 radical (unpaired) electrons. The molecule has 0 N–H and O–H groups in total. The lowest BCUT2D eigenvalue weighted by atomic mass is 10.2. The molecule has 0 bridgehead atoms. The molecular weight excluding hydrogens is 156 g/mol. The van der Waals surface area contributed by atoms with Gasteiger partial charge in [-0.15, -0.1) is 0 Å². The molecule has 0 aromatic carbocycles. The van der Waals surface area contributed by atoms with Gasteiger partial charge in [-0.05, 0) is 12.8 Å². The minimum absolute atomic E-state index is 0.0418. The first-order chi connectivity index (χ1) is 5.56. The first-order valence-corrected chi connectivity index (χ1v) is 4.24. The summed E-state index contributed by atoms with van der Waals surface area (Å²) in [6, 6.07) is 0. The second-order valence-electron chi connectivity index (χ2n) is 3.32. The van der Waals surface area contributed by atoms with Gasteiger partial charge >= 0.3 is 5.97 Å². The molecule has 0 rings (SSSR count). The summed E-state index contributed by atoms with van der Waals surface area (Å²) in [6.45, 7) is 6.72. The Morgan fingerprint density at radius 2 is 1.92 bits per heavy atom. The number of hydrogen-bond donors (Lipinski definition) is 0. The van der Waals surface area contributed by atoms with Crippen LogP contribution in [0.1, 0.15) is 27.2 Å². The Balaban J connectivity index is 3.45. The number of hydrogen-bond acceptors (Lipinski definition) is 3. The summed E-state index contributed by atoms with van der Waals surface area (Å²) in [5.41, 5.74) is 0. The molecule has 0 heterocycles. The summed E-state index contributed by atoms with van der Waals surface area (Å²) in [5.74, 6) is 0.288. The van der Waals surface area contributed by atoms with Crippen molar-refractivity contribution >= 4 is 5.97 Å². The van der Waals surface area contributed by atoms with Crippen molar-refractivity contribution in [2.24, 2.45) is 5.92 Å². The highest BCUT2D eigenvalue weighted by Gasteiger charge is 2.09. The molecule has 1 atom stereocenters. The molecule has 0 amide bonds. The van der Waals surface area contributed by atoms with E-state index in [2.05, 4.69) is 18.6 Å². The van der Waals surface area contributed by atoms with Crippen LogP contribution >= 0.6 is 0 Å². The van der Waals surface area contributed by atoms with E-state index >= 15 is 0 Å². The maximum atomic E-state index is 10.8. The summed E-state index contributed by atoms with van der Waals surface area (Å²) >= 11 is 0.